The molecule has 0 amide bonds. The van der Waals surface area contributed by atoms with Gasteiger partial charge in [0.05, 0.1) is 71.7 Å². The van der Waals surface area contributed by atoms with Gasteiger partial charge in [0.2, 0.25) is 0 Å². The van der Waals surface area contributed by atoms with Gasteiger partial charge in [-0.25, -0.2) is 0 Å². The van der Waals surface area contributed by atoms with Crippen molar-refractivity contribution in [2.75, 3.05) is 159 Å². The van der Waals surface area contributed by atoms with Crippen molar-refractivity contribution >= 4 is 0 Å². The van der Waals surface area contributed by atoms with E-state index in [4.69, 9.17) is 61.6 Å². The molecule has 84 heavy (non-hydrogen) atoms. The third-order valence-corrected chi connectivity index (χ3v) is 10.4. The molecule has 13 nitrogen and oxygen atoms in total. The monoisotopic (exact) mass is 1220 g/mol. The number of ether oxygens (including phenoxy) is 13. The summed E-state index contributed by atoms with van der Waals surface area (Å²) in [7, 11) is 0. The van der Waals surface area contributed by atoms with Crippen LogP contribution in [0.3, 0.4) is 0 Å². The van der Waals surface area contributed by atoms with Gasteiger partial charge < -0.3 is 61.6 Å². The Bertz CT molecular complexity index is 1020. The van der Waals surface area contributed by atoms with Gasteiger partial charge >= 0.3 is 0 Å². The Morgan fingerprint density at radius 3 is 0.762 bits per heavy atom. The SMILES string of the molecule is C=CCCOCCOCCCCC.CC(C)COCC(C)C.CC(C)COCCCCOCC(C)OCC(C)C.CC(C)COCCOCC(C)OCC(C)C.CCCCCOCCCCC.CCCOCCC.CCCOCCOCCC. The number of unbranched alkanes of at least 4 members (excludes halogenated alkanes) is 7. The van der Waals surface area contributed by atoms with E-state index in [1.165, 1.54) is 57.8 Å². The molecule has 0 aliphatic rings. The first-order chi connectivity index (χ1) is 40.3. The summed E-state index contributed by atoms with van der Waals surface area (Å²) in [5, 5.41) is 0. The Hall–Kier alpha value is -0.780. The number of hydrogen-bond donors (Lipinski definition) is 0. The maximum atomic E-state index is 5.63. The Balaban J connectivity index is -0.000000168. The molecule has 0 saturated carbocycles. The summed E-state index contributed by atoms with van der Waals surface area (Å²) in [5.41, 5.74) is 0. The van der Waals surface area contributed by atoms with Gasteiger partial charge in [0.1, 0.15) is 0 Å². The molecule has 0 N–H and O–H groups in total. The molecule has 0 fully saturated rings. The fourth-order valence-corrected chi connectivity index (χ4v) is 5.97. The van der Waals surface area contributed by atoms with E-state index in [1.807, 2.05) is 13.0 Å². The Labute approximate surface area is 526 Å². The summed E-state index contributed by atoms with van der Waals surface area (Å²) in [4.78, 5) is 0. The van der Waals surface area contributed by atoms with E-state index in [1.54, 1.807) is 0 Å². The van der Waals surface area contributed by atoms with E-state index in [9.17, 15) is 0 Å². The molecule has 516 valence electrons. The molecule has 0 aliphatic carbocycles. The topological polar surface area (TPSA) is 120 Å². The van der Waals surface area contributed by atoms with Gasteiger partial charge in [-0.05, 0) is 114 Å². The van der Waals surface area contributed by atoms with Gasteiger partial charge in [-0.15, -0.1) is 6.58 Å². The summed E-state index contributed by atoms with van der Waals surface area (Å²) >= 11 is 0. The van der Waals surface area contributed by atoms with Crippen molar-refractivity contribution in [2.45, 2.75) is 260 Å². The minimum absolute atomic E-state index is 0.174. The van der Waals surface area contributed by atoms with Gasteiger partial charge in [-0.3, -0.25) is 0 Å². The number of rotatable bonds is 55. The molecule has 0 heterocycles. The number of hydrogen-bond acceptors (Lipinski definition) is 13. The predicted octanol–water partition coefficient (Wildman–Crippen LogP) is 18.4. The lowest BCUT2D eigenvalue weighted by molar-refractivity contribution is -0.0320. The van der Waals surface area contributed by atoms with Crippen molar-refractivity contribution < 1.29 is 61.6 Å². The molecule has 0 bridgehead atoms. The lowest BCUT2D eigenvalue weighted by atomic mass is 10.2. The zero-order valence-corrected chi connectivity index (χ0v) is 60.5. The van der Waals surface area contributed by atoms with E-state index in [2.05, 4.69) is 145 Å². The van der Waals surface area contributed by atoms with Gasteiger partial charge in [0.25, 0.3) is 0 Å². The van der Waals surface area contributed by atoms with Crippen LogP contribution in [0, 0.1) is 35.5 Å². The third kappa shape index (κ3) is 127. The Morgan fingerprint density at radius 1 is 0.226 bits per heavy atom. The minimum atomic E-state index is 0.174. The van der Waals surface area contributed by atoms with Crippen molar-refractivity contribution in [2.24, 2.45) is 35.5 Å². The third-order valence-electron chi connectivity index (χ3n) is 10.4. The molecule has 0 radical (unpaired) electrons. The van der Waals surface area contributed by atoms with Crippen LogP contribution in [-0.2, 0) is 61.6 Å². The standard InChI is InChI=1S/C15H32O3.C13H28O3.C11H22O2.C10H22O.C8H18O2.C8H18O.C6H14O/c1-13(2)10-16-8-6-7-9-17-12-15(5)18-11-14(3)4;1-11(2)8-14-6-7-15-10-13(5)16-9-12(3)4;1-3-5-7-9-13-11-10-12-8-6-4-2;1-3-5-7-9-11-10-8-6-4-2;1-3-5-9-7-8-10-6-4-2;1-7(2)5-9-6-8(3)4;1-3-5-7-6-4-2/h13-15H,6-12H2,1-5H3;11-13H,6-10H2,1-5H3;4H,2-3,5-11H2,1H3;3-10H2,1-2H3;3-8H2,1-2H3;7-8H,5-6H2,1-4H3;3-6H2,1-2H3. The van der Waals surface area contributed by atoms with Gasteiger partial charge in [0.15, 0.2) is 0 Å². The smallest absolute Gasteiger partial charge is 0.0780 e. The average molecular weight is 1220 g/mol. The first kappa shape index (κ1) is 96.8. The van der Waals surface area contributed by atoms with Gasteiger partial charge in [-0.2, -0.15) is 0 Å². The van der Waals surface area contributed by atoms with Crippen molar-refractivity contribution in [3.05, 3.63) is 12.7 Å². The molecule has 0 aromatic rings. The zero-order valence-electron chi connectivity index (χ0n) is 60.5. The molecule has 0 rings (SSSR count). The molecular weight excluding hydrogens is 1060 g/mol. The van der Waals surface area contributed by atoms with Crippen LogP contribution in [-0.4, -0.2) is 171 Å². The van der Waals surface area contributed by atoms with Crippen LogP contribution in [0.1, 0.15) is 248 Å². The van der Waals surface area contributed by atoms with Crippen molar-refractivity contribution in [1.29, 1.82) is 0 Å². The molecule has 0 aromatic heterocycles. The highest BCUT2D eigenvalue weighted by atomic mass is 16.6. The van der Waals surface area contributed by atoms with Crippen molar-refractivity contribution in [1.82, 2.24) is 0 Å². The van der Waals surface area contributed by atoms with Crippen LogP contribution in [0.5, 0.6) is 0 Å². The fraction of sp³-hybridized carbons (Fsp3) is 0.972. The molecule has 2 atom stereocenters. The lowest BCUT2D eigenvalue weighted by Crippen LogP contribution is -2.20. The van der Waals surface area contributed by atoms with Gasteiger partial charge in [0, 0.05) is 99.1 Å². The van der Waals surface area contributed by atoms with Crippen LogP contribution in [0.25, 0.3) is 0 Å². The minimum Gasteiger partial charge on any atom is -0.381 e. The second-order valence-corrected chi connectivity index (χ2v) is 24.1. The summed E-state index contributed by atoms with van der Waals surface area (Å²) in [6, 6.07) is 0. The first-order valence-electron chi connectivity index (χ1n) is 34.5. The second-order valence-electron chi connectivity index (χ2n) is 24.1. The lowest BCUT2D eigenvalue weighted by Gasteiger charge is -2.15. The molecule has 2 unspecified atom stereocenters. The van der Waals surface area contributed by atoms with Crippen LogP contribution in [0.4, 0.5) is 0 Å². The van der Waals surface area contributed by atoms with Gasteiger partial charge in [-0.1, -0.05) is 176 Å². The molecule has 0 aliphatic heterocycles. The molecule has 13 heteroatoms. The largest absolute Gasteiger partial charge is 0.381 e. The predicted molar refractivity (Wildman–Crippen MR) is 363 cm³/mol. The summed E-state index contributed by atoms with van der Waals surface area (Å²) in [6.07, 6.45) is 21.1. The van der Waals surface area contributed by atoms with E-state index in [-0.39, 0.29) is 12.2 Å². The zero-order chi connectivity index (χ0) is 64.8. The van der Waals surface area contributed by atoms with E-state index in [0.717, 1.165) is 170 Å². The van der Waals surface area contributed by atoms with Crippen LogP contribution in [0.2, 0.25) is 0 Å². The summed E-state index contributed by atoms with van der Waals surface area (Å²) in [6.45, 7) is 68.2. The second kappa shape index (κ2) is 91.0. The van der Waals surface area contributed by atoms with E-state index < -0.39 is 0 Å². The highest BCUT2D eigenvalue weighted by molar-refractivity contribution is 4.64. The average Bonchev–Trinajstić information content (AvgIpc) is 3.45. The highest BCUT2D eigenvalue weighted by Crippen LogP contribution is 2.03. The van der Waals surface area contributed by atoms with Crippen molar-refractivity contribution in [3.63, 3.8) is 0 Å². The molecular formula is C71H154O13. The van der Waals surface area contributed by atoms with Crippen LogP contribution >= 0.6 is 0 Å². The normalized spacial score (nSPS) is 11.7. The molecule has 0 aromatic carbocycles. The highest BCUT2D eigenvalue weighted by Gasteiger charge is 2.05. The Morgan fingerprint density at radius 2 is 0.452 bits per heavy atom. The maximum Gasteiger partial charge on any atom is 0.0780 e. The molecule has 0 saturated heterocycles. The van der Waals surface area contributed by atoms with E-state index in [0.29, 0.717) is 68.5 Å². The van der Waals surface area contributed by atoms with Crippen molar-refractivity contribution in [3.8, 4) is 0 Å². The first-order valence-corrected chi connectivity index (χ1v) is 34.5. The molecule has 0 spiro atoms. The summed E-state index contributed by atoms with van der Waals surface area (Å²) < 4.78 is 70.1. The van der Waals surface area contributed by atoms with E-state index >= 15 is 0 Å². The van der Waals surface area contributed by atoms with Crippen LogP contribution < -0.4 is 0 Å². The maximum absolute atomic E-state index is 5.63. The summed E-state index contributed by atoms with van der Waals surface area (Å²) in [5.74, 6) is 3.73. The quantitative estimate of drug-likeness (QED) is 0.0425. The van der Waals surface area contributed by atoms with Crippen LogP contribution in [0.15, 0.2) is 12.7 Å². The Kier molecular flexibility index (Phi) is 105. The fourth-order valence-electron chi connectivity index (χ4n) is 5.97.